The Hall–Kier alpha value is -1.35. The van der Waals surface area contributed by atoms with Gasteiger partial charge in [-0.2, -0.15) is 0 Å². The van der Waals surface area contributed by atoms with Crippen LogP contribution in [0.3, 0.4) is 0 Å². The van der Waals surface area contributed by atoms with Gasteiger partial charge in [0.05, 0.1) is 7.11 Å². The van der Waals surface area contributed by atoms with E-state index < -0.39 is 0 Å². The van der Waals surface area contributed by atoms with E-state index in [2.05, 4.69) is 0 Å². The third-order valence-corrected chi connectivity index (χ3v) is 4.08. The molecule has 3 nitrogen and oxygen atoms in total. The summed E-state index contributed by atoms with van der Waals surface area (Å²) in [4.78, 5) is 12.4. The Morgan fingerprint density at radius 1 is 1.44 bits per heavy atom. The minimum absolute atomic E-state index is 0.255. The molecule has 2 rings (SSSR count). The van der Waals surface area contributed by atoms with Crippen molar-refractivity contribution >= 4 is 5.78 Å². The van der Waals surface area contributed by atoms with E-state index in [1.807, 2.05) is 25.1 Å². The number of carbonyl (C=O) groups is 1. The Bertz CT molecular complexity index is 444. The molecule has 0 bridgehead atoms. The van der Waals surface area contributed by atoms with Gasteiger partial charge in [-0.3, -0.25) is 4.79 Å². The fraction of sp³-hybridized carbons (Fsp3) is 0.533. The van der Waals surface area contributed by atoms with Crippen LogP contribution in [-0.4, -0.2) is 19.4 Å². The number of ether oxygens (including phenoxy) is 1. The van der Waals surface area contributed by atoms with E-state index in [1.54, 1.807) is 7.11 Å². The monoisotopic (exact) mass is 247 g/mol. The minimum atomic E-state index is -0.255. The van der Waals surface area contributed by atoms with Gasteiger partial charge >= 0.3 is 0 Å². The van der Waals surface area contributed by atoms with E-state index in [1.165, 1.54) is 0 Å². The number of Topliss-reactive ketones (excluding diaryl/α,β-unsaturated/α-hetero) is 1. The van der Waals surface area contributed by atoms with Crippen LogP contribution in [0.2, 0.25) is 0 Å². The molecule has 0 radical (unpaired) electrons. The lowest BCUT2D eigenvalue weighted by Gasteiger charge is -2.39. The SMILES string of the molecule is COc1ccc(C)cc1CC(=O)C1(CN)CCC1. The summed E-state index contributed by atoms with van der Waals surface area (Å²) in [6.07, 6.45) is 3.43. The Kier molecular flexibility index (Phi) is 3.71. The lowest BCUT2D eigenvalue weighted by Crippen LogP contribution is -2.45. The minimum Gasteiger partial charge on any atom is -0.496 e. The second-order valence-electron chi connectivity index (χ2n) is 5.25. The van der Waals surface area contributed by atoms with Gasteiger partial charge in [-0.1, -0.05) is 24.1 Å². The maximum Gasteiger partial charge on any atom is 0.144 e. The first-order valence-corrected chi connectivity index (χ1v) is 6.48. The quantitative estimate of drug-likeness (QED) is 0.868. The van der Waals surface area contributed by atoms with Crippen molar-refractivity contribution in [2.45, 2.75) is 32.6 Å². The molecule has 0 amide bonds. The van der Waals surface area contributed by atoms with Crippen LogP contribution in [-0.2, 0) is 11.2 Å². The van der Waals surface area contributed by atoms with Gasteiger partial charge < -0.3 is 10.5 Å². The topological polar surface area (TPSA) is 52.3 Å². The first-order valence-electron chi connectivity index (χ1n) is 6.48. The Labute approximate surface area is 108 Å². The highest BCUT2D eigenvalue weighted by molar-refractivity contribution is 5.88. The zero-order valence-electron chi connectivity index (χ0n) is 11.2. The highest BCUT2D eigenvalue weighted by Crippen LogP contribution is 2.41. The molecule has 0 atom stereocenters. The van der Waals surface area contributed by atoms with Crippen LogP contribution in [0.15, 0.2) is 18.2 Å². The standard InChI is InChI=1S/C15H21NO2/c1-11-4-5-13(18-2)12(8-11)9-14(17)15(10-16)6-3-7-15/h4-5,8H,3,6-7,9-10,16H2,1-2H3. The summed E-state index contributed by atoms with van der Waals surface area (Å²) in [5.74, 6) is 1.06. The number of carbonyl (C=O) groups excluding carboxylic acids is 1. The molecule has 1 saturated carbocycles. The molecule has 0 aliphatic heterocycles. The van der Waals surface area contributed by atoms with Crippen LogP contribution in [0.25, 0.3) is 0 Å². The van der Waals surface area contributed by atoms with Crippen LogP contribution in [0.5, 0.6) is 5.75 Å². The van der Waals surface area contributed by atoms with Crippen LogP contribution < -0.4 is 10.5 Å². The molecule has 0 saturated heterocycles. The van der Waals surface area contributed by atoms with Gasteiger partial charge in [-0.15, -0.1) is 0 Å². The van der Waals surface area contributed by atoms with Gasteiger partial charge in [0.25, 0.3) is 0 Å². The number of aryl methyl sites for hydroxylation is 1. The van der Waals surface area contributed by atoms with E-state index in [4.69, 9.17) is 10.5 Å². The molecule has 1 aliphatic rings. The fourth-order valence-electron chi connectivity index (χ4n) is 2.61. The van der Waals surface area contributed by atoms with E-state index in [0.29, 0.717) is 13.0 Å². The molecule has 0 unspecified atom stereocenters. The molecule has 1 aromatic carbocycles. The average Bonchev–Trinajstić information content (AvgIpc) is 2.28. The number of nitrogens with two attached hydrogens (primary N) is 1. The third kappa shape index (κ3) is 2.27. The van der Waals surface area contributed by atoms with E-state index >= 15 is 0 Å². The molecule has 1 aliphatic carbocycles. The van der Waals surface area contributed by atoms with Crippen molar-refractivity contribution in [1.82, 2.24) is 0 Å². The maximum absolute atomic E-state index is 12.4. The summed E-state index contributed by atoms with van der Waals surface area (Å²) in [6, 6.07) is 5.95. The summed E-state index contributed by atoms with van der Waals surface area (Å²) in [5.41, 5.74) is 7.64. The van der Waals surface area contributed by atoms with Crippen molar-refractivity contribution in [2.75, 3.05) is 13.7 Å². The number of hydrogen-bond donors (Lipinski definition) is 1. The molecule has 18 heavy (non-hydrogen) atoms. The molecule has 98 valence electrons. The first kappa shape index (κ1) is 13.1. The molecule has 0 spiro atoms. The number of benzene rings is 1. The van der Waals surface area contributed by atoms with Gasteiger partial charge in [0.2, 0.25) is 0 Å². The smallest absolute Gasteiger partial charge is 0.144 e. The van der Waals surface area contributed by atoms with Gasteiger partial charge in [0, 0.05) is 23.9 Å². The number of rotatable bonds is 5. The van der Waals surface area contributed by atoms with Crippen LogP contribution in [0.1, 0.15) is 30.4 Å². The van der Waals surface area contributed by atoms with Crippen LogP contribution in [0, 0.1) is 12.3 Å². The Morgan fingerprint density at radius 2 is 2.17 bits per heavy atom. The van der Waals surface area contributed by atoms with Gasteiger partial charge in [-0.05, 0) is 25.8 Å². The highest BCUT2D eigenvalue weighted by Gasteiger charge is 2.42. The van der Waals surface area contributed by atoms with Crippen LogP contribution in [0.4, 0.5) is 0 Å². The molecule has 3 heteroatoms. The van der Waals surface area contributed by atoms with Crippen molar-refractivity contribution in [3.8, 4) is 5.75 Å². The third-order valence-electron chi connectivity index (χ3n) is 4.08. The molecular weight excluding hydrogens is 226 g/mol. The largest absolute Gasteiger partial charge is 0.496 e. The maximum atomic E-state index is 12.4. The zero-order chi connectivity index (χ0) is 13.2. The predicted octanol–water partition coefficient (Wildman–Crippen LogP) is 2.24. The molecule has 0 heterocycles. The summed E-state index contributed by atoms with van der Waals surface area (Å²) < 4.78 is 5.32. The number of hydrogen-bond acceptors (Lipinski definition) is 3. The summed E-state index contributed by atoms with van der Waals surface area (Å²) in [6.45, 7) is 2.50. The Morgan fingerprint density at radius 3 is 2.67 bits per heavy atom. The van der Waals surface area contributed by atoms with Crippen molar-refractivity contribution in [2.24, 2.45) is 11.1 Å². The van der Waals surface area contributed by atoms with E-state index in [-0.39, 0.29) is 11.2 Å². The van der Waals surface area contributed by atoms with Gasteiger partial charge in [-0.25, -0.2) is 0 Å². The normalized spacial score (nSPS) is 17.1. The van der Waals surface area contributed by atoms with Crippen LogP contribution >= 0.6 is 0 Å². The molecular formula is C15H21NO2. The lowest BCUT2D eigenvalue weighted by atomic mass is 9.65. The van der Waals surface area contributed by atoms with Crippen molar-refractivity contribution in [3.63, 3.8) is 0 Å². The molecule has 0 aromatic heterocycles. The summed E-state index contributed by atoms with van der Waals surface area (Å²) in [7, 11) is 1.64. The highest BCUT2D eigenvalue weighted by atomic mass is 16.5. The Balaban J connectivity index is 2.18. The average molecular weight is 247 g/mol. The second-order valence-corrected chi connectivity index (χ2v) is 5.25. The van der Waals surface area contributed by atoms with E-state index in [0.717, 1.165) is 36.1 Å². The van der Waals surface area contributed by atoms with Crippen molar-refractivity contribution in [3.05, 3.63) is 29.3 Å². The van der Waals surface area contributed by atoms with Crippen molar-refractivity contribution in [1.29, 1.82) is 0 Å². The lowest BCUT2D eigenvalue weighted by molar-refractivity contribution is -0.132. The number of methoxy groups -OCH3 is 1. The molecule has 2 N–H and O–H groups in total. The summed E-state index contributed by atoms with van der Waals surface area (Å²) in [5, 5.41) is 0. The molecule has 1 fully saturated rings. The fourth-order valence-corrected chi connectivity index (χ4v) is 2.61. The predicted molar refractivity (Wildman–Crippen MR) is 71.8 cm³/mol. The van der Waals surface area contributed by atoms with Gasteiger partial charge in [0.1, 0.15) is 11.5 Å². The van der Waals surface area contributed by atoms with Crippen molar-refractivity contribution < 1.29 is 9.53 Å². The summed E-state index contributed by atoms with van der Waals surface area (Å²) >= 11 is 0. The number of ketones is 1. The second kappa shape index (κ2) is 5.11. The molecule has 1 aromatic rings. The first-order chi connectivity index (χ1) is 8.61. The van der Waals surface area contributed by atoms with Gasteiger partial charge in [0.15, 0.2) is 0 Å². The zero-order valence-corrected chi connectivity index (χ0v) is 11.2. The van der Waals surface area contributed by atoms with E-state index in [9.17, 15) is 4.79 Å².